The summed E-state index contributed by atoms with van der Waals surface area (Å²) in [5.74, 6) is 1.01. The molecule has 0 amide bonds. The molecule has 0 bridgehead atoms. The third kappa shape index (κ3) is 6.38. The van der Waals surface area contributed by atoms with Crippen molar-refractivity contribution in [3.63, 3.8) is 0 Å². The van der Waals surface area contributed by atoms with Crippen LogP contribution in [0.2, 0.25) is 0 Å². The number of rotatable bonds is 9. The molecule has 2 aromatic carbocycles. The van der Waals surface area contributed by atoms with Crippen molar-refractivity contribution < 1.29 is 25.2 Å². The summed E-state index contributed by atoms with van der Waals surface area (Å²) in [5, 5.41) is 0. The van der Waals surface area contributed by atoms with Gasteiger partial charge >= 0.3 is 11.4 Å². The lowest BCUT2D eigenvalue weighted by Crippen LogP contribution is -2.24. The van der Waals surface area contributed by atoms with Gasteiger partial charge in [0.25, 0.3) is 10.1 Å². The summed E-state index contributed by atoms with van der Waals surface area (Å²) in [6, 6.07) is 14.2. The number of hydrogen-bond donors (Lipinski definition) is 0. The van der Waals surface area contributed by atoms with Crippen LogP contribution in [-0.2, 0) is 29.8 Å². The number of benzene rings is 2. The monoisotopic (exact) mass is 452 g/mol. The highest BCUT2D eigenvalue weighted by molar-refractivity contribution is 7.86. The molecule has 1 aliphatic carbocycles. The quantitative estimate of drug-likeness (QED) is 0.522. The van der Waals surface area contributed by atoms with Gasteiger partial charge in [-0.3, -0.25) is 8.37 Å². The first-order valence-corrected chi connectivity index (χ1v) is 12.5. The normalized spacial score (nSPS) is 20.6. The van der Waals surface area contributed by atoms with Crippen molar-refractivity contribution in [3.8, 4) is 5.75 Å². The van der Waals surface area contributed by atoms with E-state index in [0.717, 1.165) is 31.2 Å². The zero-order valence-electron chi connectivity index (χ0n) is 17.3. The minimum Gasteiger partial charge on any atom is -0.380 e. The van der Waals surface area contributed by atoms with E-state index in [1.807, 2.05) is 25.1 Å². The third-order valence-corrected chi connectivity index (χ3v) is 7.53. The largest absolute Gasteiger partial charge is 0.380 e. The Morgan fingerprint density at radius 1 is 0.867 bits per heavy atom. The van der Waals surface area contributed by atoms with Crippen molar-refractivity contribution in [2.45, 2.75) is 44.4 Å². The minimum atomic E-state index is -3.74. The highest BCUT2D eigenvalue weighted by Crippen LogP contribution is 2.30. The second-order valence-corrected chi connectivity index (χ2v) is 10.1. The van der Waals surface area contributed by atoms with E-state index in [9.17, 15) is 12.6 Å². The van der Waals surface area contributed by atoms with Gasteiger partial charge in [-0.2, -0.15) is 12.6 Å². The van der Waals surface area contributed by atoms with E-state index in [2.05, 4.69) is 0 Å². The summed E-state index contributed by atoms with van der Waals surface area (Å²) in [7, 11) is -3.74. The molecule has 1 saturated carbocycles. The average Bonchev–Trinajstić information content (AvgIpc) is 2.73. The molecule has 0 spiro atoms. The van der Waals surface area contributed by atoms with Gasteiger partial charge in [-0.15, -0.1) is 0 Å². The predicted octanol–water partition coefficient (Wildman–Crippen LogP) is 4.49. The Labute approximate surface area is 181 Å². The van der Waals surface area contributed by atoms with Crippen molar-refractivity contribution in [1.82, 2.24) is 0 Å². The molecule has 1 atom stereocenters. The predicted molar refractivity (Wildman–Crippen MR) is 116 cm³/mol. The molecular weight excluding hydrogens is 424 g/mol. The van der Waals surface area contributed by atoms with Crippen LogP contribution in [-0.4, -0.2) is 25.8 Å². The van der Waals surface area contributed by atoms with Crippen LogP contribution < -0.4 is 4.18 Å². The maximum absolute atomic E-state index is 12.4. The first-order valence-electron chi connectivity index (χ1n) is 10.1. The Balaban J connectivity index is 1.39. The lowest BCUT2D eigenvalue weighted by Gasteiger charge is -2.27. The van der Waals surface area contributed by atoms with Gasteiger partial charge in [-0.05, 0) is 74.6 Å². The van der Waals surface area contributed by atoms with Gasteiger partial charge in [0.1, 0.15) is 5.75 Å². The summed E-state index contributed by atoms with van der Waals surface area (Å²) in [6.45, 7) is 4.18. The summed E-state index contributed by atoms with van der Waals surface area (Å²) < 4.78 is 52.9. The molecule has 30 heavy (non-hydrogen) atoms. The van der Waals surface area contributed by atoms with E-state index >= 15 is 0 Å². The molecule has 0 saturated heterocycles. The van der Waals surface area contributed by atoms with Gasteiger partial charge in [0.05, 0.1) is 18.1 Å². The molecule has 0 aromatic heterocycles. The van der Waals surface area contributed by atoms with E-state index in [1.165, 1.54) is 0 Å². The first-order chi connectivity index (χ1) is 14.3. The van der Waals surface area contributed by atoms with Gasteiger partial charge in [0.2, 0.25) is 0 Å². The fourth-order valence-corrected chi connectivity index (χ4v) is 5.44. The molecule has 1 fully saturated rings. The molecule has 6 nitrogen and oxygen atoms in total. The topological polar surface area (TPSA) is 78.9 Å². The van der Waals surface area contributed by atoms with E-state index < -0.39 is 21.5 Å². The van der Waals surface area contributed by atoms with Crippen LogP contribution in [0.3, 0.4) is 0 Å². The molecule has 3 rings (SSSR count). The van der Waals surface area contributed by atoms with Gasteiger partial charge in [0, 0.05) is 0 Å². The van der Waals surface area contributed by atoms with Gasteiger partial charge in [-0.1, -0.05) is 36.4 Å². The summed E-state index contributed by atoms with van der Waals surface area (Å²) >= 11 is -1.83. The van der Waals surface area contributed by atoms with E-state index in [0.29, 0.717) is 17.9 Å². The standard InChI is InChI=1S/C22H28O6S2/c1-17-7-3-5-9-21(17)28-29(23)26-15-19-11-13-20(14-12-19)16-27-30(24,25)22-10-6-4-8-18(22)2/h3-10,19-20H,11-16H2,1-2H3. The van der Waals surface area contributed by atoms with Crippen LogP contribution in [0.15, 0.2) is 53.4 Å². The molecule has 2 aromatic rings. The van der Waals surface area contributed by atoms with Crippen molar-refractivity contribution >= 4 is 21.5 Å². The summed E-state index contributed by atoms with van der Waals surface area (Å²) in [4.78, 5) is 0.225. The highest BCUT2D eigenvalue weighted by atomic mass is 32.2. The maximum atomic E-state index is 12.4. The van der Waals surface area contributed by atoms with E-state index in [4.69, 9.17) is 12.5 Å². The zero-order valence-corrected chi connectivity index (χ0v) is 18.9. The van der Waals surface area contributed by atoms with Crippen LogP contribution in [0.25, 0.3) is 0 Å². The zero-order chi connectivity index (χ0) is 21.6. The highest BCUT2D eigenvalue weighted by Gasteiger charge is 2.25. The van der Waals surface area contributed by atoms with Crippen molar-refractivity contribution in [2.24, 2.45) is 11.8 Å². The Kier molecular flexibility index (Phi) is 8.05. The summed E-state index contributed by atoms with van der Waals surface area (Å²) in [5.41, 5.74) is 1.58. The van der Waals surface area contributed by atoms with E-state index in [1.54, 1.807) is 37.3 Å². The van der Waals surface area contributed by atoms with Crippen molar-refractivity contribution in [2.75, 3.05) is 13.2 Å². The lowest BCUT2D eigenvalue weighted by molar-refractivity contribution is 0.152. The molecule has 1 unspecified atom stereocenters. The molecule has 8 heteroatoms. The van der Waals surface area contributed by atoms with Crippen molar-refractivity contribution in [1.29, 1.82) is 0 Å². The molecule has 0 radical (unpaired) electrons. The Morgan fingerprint density at radius 2 is 1.43 bits per heavy atom. The number of hydrogen-bond acceptors (Lipinski definition) is 6. The number of para-hydroxylation sites is 1. The first kappa shape index (κ1) is 22.9. The van der Waals surface area contributed by atoms with Crippen LogP contribution >= 0.6 is 0 Å². The molecule has 164 valence electrons. The average molecular weight is 453 g/mol. The fourth-order valence-electron chi connectivity index (χ4n) is 3.55. The molecule has 0 N–H and O–H groups in total. The van der Waals surface area contributed by atoms with Gasteiger partial charge in [-0.25, -0.2) is 0 Å². The Bertz CT molecular complexity index is 965. The minimum absolute atomic E-state index is 0.187. The second kappa shape index (κ2) is 10.5. The molecular formula is C22H28O6S2. The second-order valence-electron chi connectivity index (χ2n) is 7.73. The molecule has 0 heterocycles. The van der Waals surface area contributed by atoms with Gasteiger partial charge in [0.15, 0.2) is 0 Å². The molecule has 1 aliphatic rings. The van der Waals surface area contributed by atoms with Crippen molar-refractivity contribution in [3.05, 3.63) is 59.7 Å². The van der Waals surface area contributed by atoms with Crippen LogP contribution in [0.5, 0.6) is 5.75 Å². The van der Waals surface area contributed by atoms with E-state index in [-0.39, 0.29) is 23.3 Å². The van der Waals surface area contributed by atoms with Crippen LogP contribution in [0.1, 0.15) is 36.8 Å². The third-order valence-electron chi connectivity index (χ3n) is 5.44. The maximum Gasteiger partial charge on any atom is 0.360 e. The fraction of sp³-hybridized carbons (Fsp3) is 0.455. The van der Waals surface area contributed by atoms with Crippen LogP contribution in [0, 0.1) is 25.7 Å². The lowest BCUT2D eigenvalue weighted by atomic mass is 9.83. The SMILES string of the molecule is Cc1ccccc1OS(=O)OCC1CCC(COS(=O)(=O)c2ccccc2C)CC1. The van der Waals surface area contributed by atoms with Crippen LogP contribution in [0.4, 0.5) is 0 Å². The number of aryl methyl sites for hydroxylation is 2. The smallest absolute Gasteiger partial charge is 0.360 e. The Hall–Kier alpha value is -1.74. The Morgan fingerprint density at radius 3 is 2.07 bits per heavy atom. The summed E-state index contributed by atoms with van der Waals surface area (Å²) in [6.07, 6.45) is 3.45. The van der Waals surface area contributed by atoms with Gasteiger partial charge < -0.3 is 4.18 Å². The molecule has 0 aliphatic heterocycles.